The average molecular weight is 239 g/mol. The van der Waals surface area contributed by atoms with Crippen molar-refractivity contribution in [2.24, 2.45) is 0 Å². The minimum absolute atomic E-state index is 0.134. The molecule has 1 aliphatic rings. The molecule has 0 amide bonds. The Labute approximate surface area is 101 Å². The highest BCUT2D eigenvalue weighted by Gasteiger charge is 2.27. The van der Waals surface area contributed by atoms with Gasteiger partial charge in [0.25, 0.3) is 0 Å². The third-order valence-corrected chi connectivity index (χ3v) is 3.01. The Balaban J connectivity index is 2.24. The van der Waals surface area contributed by atoms with Gasteiger partial charge in [0.05, 0.1) is 25.9 Å². The summed E-state index contributed by atoms with van der Waals surface area (Å²) in [6.45, 7) is 3.63. The van der Waals surface area contributed by atoms with Gasteiger partial charge >= 0.3 is 0 Å². The van der Waals surface area contributed by atoms with Gasteiger partial charge in [0.1, 0.15) is 11.9 Å². The Kier molecular flexibility index (Phi) is 4.10. The van der Waals surface area contributed by atoms with E-state index in [1.165, 1.54) is 6.07 Å². The van der Waals surface area contributed by atoms with Gasteiger partial charge in [-0.2, -0.15) is 0 Å². The molecule has 2 unspecified atom stereocenters. The van der Waals surface area contributed by atoms with Crippen LogP contribution in [0.5, 0.6) is 0 Å². The molecule has 1 aromatic carbocycles. The summed E-state index contributed by atoms with van der Waals surface area (Å²) < 4.78 is 24.8. The van der Waals surface area contributed by atoms with Gasteiger partial charge in [-0.3, -0.25) is 0 Å². The van der Waals surface area contributed by atoms with E-state index in [-0.39, 0.29) is 18.0 Å². The first-order chi connectivity index (χ1) is 8.22. The second kappa shape index (κ2) is 5.58. The predicted molar refractivity (Wildman–Crippen MR) is 63.5 cm³/mol. The summed E-state index contributed by atoms with van der Waals surface area (Å²) in [4.78, 5) is 0. The van der Waals surface area contributed by atoms with Gasteiger partial charge in [0, 0.05) is 5.56 Å². The molecule has 94 valence electrons. The van der Waals surface area contributed by atoms with Crippen LogP contribution in [0, 0.1) is 12.7 Å². The molecule has 17 heavy (non-hydrogen) atoms. The molecule has 1 fully saturated rings. The van der Waals surface area contributed by atoms with Crippen molar-refractivity contribution in [3.05, 3.63) is 35.1 Å². The van der Waals surface area contributed by atoms with Crippen LogP contribution in [0.4, 0.5) is 4.39 Å². The van der Waals surface area contributed by atoms with E-state index < -0.39 is 0 Å². The fraction of sp³-hybridized carbons (Fsp3) is 0.538. The van der Waals surface area contributed by atoms with Crippen LogP contribution in [0.3, 0.4) is 0 Å². The molecule has 0 bridgehead atoms. The molecule has 0 aliphatic carbocycles. The Hall–Kier alpha value is -0.970. The second-order valence-electron chi connectivity index (χ2n) is 4.28. The summed E-state index contributed by atoms with van der Waals surface area (Å²) in [6, 6.07) is 4.95. The summed E-state index contributed by atoms with van der Waals surface area (Å²) in [5.41, 5.74) is 1.68. The second-order valence-corrected chi connectivity index (χ2v) is 4.28. The zero-order chi connectivity index (χ0) is 12.3. The van der Waals surface area contributed by atoms with Gasteiger partial charge in [0.2, 0.25) is 0 Å². The van der Waals surface area contributed by atoms with Crippen molar-refractivity contribution in [3.8, 4) is 0 Å². The van der Waals surface area contributed by atoms with E-state index in [9.17, 15) is 4.39 Å². The lowest BCUT2D eigenvalue weighted by Crippen LogP contribution is -2.39. The van der Waals surface area contributed by atoms with E-state index in [2.05, 4.69) is 5.32 Å². The number of ether oxygens (including phenoxy) is 2. The zero-order valence-electron chi connectivity index (χ0n) is 10.2. The molecule has 2 rings (SSSR count). The molecule has 0 aromatic heterocycles. The molecule has 1 heterocycles. The quantitative estimate of drug-likeness (QED) is 0.872. The van der Waals surface area contributed by atoms with Crippen LogP contribution in [-0.2, 0) is 9.47 Å². The van der Waals surface area contributed by atoms with E-state index in [0.29, 0.717) is 25.4 Å². The number of likely N-dealkylation sites (N-methyl/N-ethyl adjacent to an activating group) is 1. The van der Waals surface area contributed by atoms with Crippen LogP contribution in [-0.4, -0.2) is 33.0 Å². The maximum absolute atomic E-state index is 13.8. The lowest BCUT2D eigenvalue weighted by molar-refractivity contribution is -0.102. The highest BCUT2D eigenvalue weighted by Crippen LogP contribution is 2.24. The Morgan fingerprint density at radius 1 is 1.41 bits per heavy atom. The smallest absolute Gasteiger partial charge is 0.128 e. The van der Waals surface area contributed by atoms with Gasteiger partial charge in [-0.25, -0.2) is 4.39 Å². The van der Waals surface area contributed by atoms with Crippen molar-refractivity contribution in [1.29, 1.82) is 0 Å². The average Bonchev–Trinajstić information content (AvgIpc) is 2.36. The molecule has 1 aliphatic heterocycles. The minimum atomic E-state index is -0.205. The van der Waals surface area contributed by atoms with E-state index >= 15 is 0 Å². The zero-order valence-corrected chi connectivity index (χ0v) is 10.2. The lowest BCUT2D eigenvalue weighted by Gasteiger charge is -2.30. The van der Waals surface area contributed by atoms with Gasteiger partial charge in [0.15, 0.2) is 0 Å². The van der Waals surface area contributed by atoms with Crippen LogP contribution >= 0.6 is 0 Å². The van der Waals surface area contributed by atoms with Gasteiger partial charge in [-0.1, -0.05) is 17.7 Å². The van der Waals surface area contributed by atoms with E-state index in [1.54, 1.807) is 6.07 Å². The highest BCUT2D eigenvalue weighted by molar-refractivity contribution is 5.27. The number of rotatable bonds is 3. The van der Waals surface area contributed by atoms with E-state index in [4.69, 9.17) is 9.47 Å². The summed E-state index contributed by atoms with van der Waals surface area (Å²) >= 11 is 0. The third-order valence-electron chi connectivity index (χ3n) is 3.01. The van der Waals surface area contributed by atoms with Crippen molar-refractivity contribution in [2.45, 2.75) is 19.1 Å². The SMILES string of the molecule is CNC(c1cc(C)ccc1F)C1COCCO1. The topological polar surface area (TPSA) is 30.5 Å². The minimum Gasteiger partial charge on any atom is -0.376 e. The number of hydrogen-bond donors (Lipinski definition) is 1. The Morgan fingerprint density at radius 2 is 2.24 bits per heavy atom. The number of nitrogens with one attached hydrogen (secondary N) is 1. The molecule has 0 radical (unpaired) electrons. The van der Waals surface area contributed by atoms with E-state index in [1.807, 2.05) is 20.0 Å². The predicted octanol–water partition coefficient (Wildman–Crippen LogP) is 1.81. The van der Waals surface area contributed by atoms with Crippen LogP contribution in [0.2, 0.25) is 0 Å². The molecule has 3 nitrogen and oxygen atoms in total. The number of hydrogen-bond acceptors (Lipinski definition) is 3. The first-order valence-electron chi connectivity index (χ1n) is 5.85. The molecule has 2 atom stereocenters. The lowest BCUT2D eigenvalue weighted by atomic mass is 9.99. The molecule has 1 aromatic rings. The number of benzene rings is 1. The van der Waals surface area contributed by atoms with Crippen molar-refractivity contribution < 1.29 is 13.9 Å². The largest absolute Gasteiger partial charge is 0.376 e. The Morgan fingerprint density at radius 3 is 2.88 bits per heavy atom. The molecular formula is C13H18FNO2. The van der Waals surface area contributed by atoms with Gasteiger partial charge in [-0.15, -0.1) is 0 Å². The molecular weight excluding hydrogens is 221 g/mol. The Bertz CT molecular complexity index is 378. The molecule has 1 saturated heterocycles. The van der Waals surface area contributed by atoms with Gasteiger partial charge in [-0.05, 0) is 20.0 Å². The van der Waals surface area contributed by atoms with Crippen molar-refractivity contribution in [3.63, 3.8) is 0 Å². The normalized spacial score (nSPS) is 22.4. The maximum Gasteiger partial charge on any atom is 0.128 e. The standard InChI is InChI=1S/C13H18FNO2/c1-9-3-4-11(14)10(7-9)13(15-2)12-8-16-5-6-17-12/h3-4,7,12-13,15H,5-6,8H2,1-2H3. The van der Waals surface area contributed by atoms with Crippen LogP contribution < -0.4 is 5.32 Å². The molecule has 0 spiro atoms. The molecule has 0 saturated carbocycles. The van der Waals surface area contributed by atoms with Crippen molar-refractivity contribution in [2.75, 3.05) is 26.9 Å². The summed E-state index contributed by atoms with van der Waals surface area (Å²) in [5, 5.41) is 3.11. The van der Waals surface area contributed by atoms with Crippen LogP contribution in [0.25, 0.3) is 0 Å². The maximum atomic E-state index is 13.8. The highest BCUT2D eigenvalue weighted by atomic mass is 19.1. The summed E-state index contributed by atoms with van der Waals surface area (Å²) in [5.74, 6) is -0.205. The van der Waals surface area contributed by atoms with E-state index in [0.717, 1.165) is 5.56 Å². The monoisotopic (exact) mass is 239 g/mol. The third kappa shape index (κ3) is 2.83. The van der Waals surface area contributed by atoms with Gasteiger partial charge < -0.3 is 14.8 Å². The van der Waals surface area contributed by atoms with Crippen LogP contribution in [0.15, 0.2) is 18.2 Å². The fourth-order valence-corrected chi connectivity index (χ4v) is 2.14. The first-order valence-corrected chi connectivity index (χ1v) is 5.85. The summed E-state index contributed by atoms with van der Waals surface area (Å²) in [7, 11) is 1.81. The number of aryl methyl sites for hydroxylation is 1. The summed E-state index contributed by atoms with van der Waals surface area (Å²) in [6.07, 6.45) is -0.134. The molecule has 4 heteroatoms. The molecule has 1 N–H and O–H groups in total. The van der Waals surface area contributed by atoms with Crippen molar-refractivity contribution in [1.82, 2.24) is 5.32 Å². The number of halogens is 1. The van der Waals surface area contributed by atoms with Crippen LogP contribution in [0.1, 0.15) is 17.2 Å². The first kappa shape index (κ1) is 12.5. The fourth-order valence-electron chi connectivity index (χ4n) is 2.14. The van der Waals surface area contributed by atoms with Crippen molar-refractivity contribution >= 4 is 0 Å².